The molecule has 2 heteroatoms. The average molecular weight is 142 g/mol. The summed E-state index contributed by atoms with van der Waals surface area (Å²) in [5, 5.41) is 0. The van der Waals surface area contributed by atoms with Crippen LogP contribution in [0.3, 0.4) is 0 Å². The Morgan fingerprint density at radius 1 is 1.60 bits per heavy atom. The van der Waals surface area contributed by atoms with Crippen molar-refractivity contribution in [2.75, 3.05) is 0 Å². The van der Waals surface area contributed by atoms with Crippen molar-refractivity contribution in [1.82, 2.24) is 0 Å². The molecule has 0 amide bonds. The molecule has 2 aliphatic carbocycles. The molecule has 0 aromatic carbocycles. The molecule has 10 heavy (non-hydrogen) atoms. The van der Waals surface area contributed by atoms with Gasteiger partial charge < -0.3 is 4.79 Å². The van der Waals surface area contributed by atoms with Crippen molar-refractivity contribution in [3.05, 3.63) is 0 Å². The first-order valence-corrected chi connectivity index (χ1v) is 3.87. The molecular weight excluding hydrogens is 131 g/mol. The first-order chi connectivity index (χ1) is 4.77. The number of fused-ring (bicyclic) bond motifs is 2. The van der Waals surface area contributed by atoms with Gasteiger partial charge in [0.25, 0.3) is 0 Å². The van der Waals surface area contributed by atoms with Gasteiger partial charge in [0.15, 0.2) is 0 Å². The van der Waals surface area contributed by atoms with Crippen LogP contribution in [0.5, 0.6) is 0 Å². The maximum Gasteiger partial charge on any atom is 0.129 e. The van der Waals surface area contributed by atoms with E-state index in [9.17, 15) is 9.18 Å². The van der Waals surface area contributed by atoms with Crippen LogP contribution in [0.2, 0.25) is 0 Å². The summed E-state index contributed by atoms with van der Waals surface area (Å²) >= 11 is 0. The number of halogens is 1. The zero-order chi connectivity index (χ0) is 7.19. The van der Waals surface area contributed by atoms with Gasteiger partial charge in [-0.3, -0.25) is 0 Å². The van der Waals surface area contributed by atoms with E-state index >= 15 is 0 Å². The van der Waals surface area contributed by atoms with Crippen LogP contribution < -0.4 is 0 Å². The second-order valence-corrected chi connectivity index (χ2v) is 3.66. The molecule has 3 unspecified atom stereocenters. The summed E-state index contributed by atoms with van der Waals surface area (Å²) in [5.41, 5.74) is -0.537. The molecule has 0 spiro atoms. The van der Waals surface area contributed by atoms with E-state index in [0.29, 0.717) is 12.3 Å². The van der Waals surface area contributed by atoms with Gasteiger partial charge in [-0.2, -0.15) is 0 Å². The van der Waals surface area contributed by atoms with Crippen LogP contribution in [0.1, 0.15) is 25.7 Å². The maximum absolute atomic E-state index is 13.0. The second-order valence-electron chi connectivity index (χ2n) is 3.66. The summed E-state index contributed by atoms with van der Waals surface area (Å²) in [4.78, 5) is 10.6. The number of aldehydes is 1. The Hall–Kier alpha value is -0.400. The fourth-order valence-electron chi connectivity index (χ4n) is 2.41. The maximum atomic E-state index is 13.0. The van der Waals surface area contributed by atoms with Crippen LogP contribution in [-0.2, 0) is 4.79 Å². The molecular formula is C8H11FO. The van der Waals surface area contributed by atoms with Gasteiger partial charge in [-0.05, 0) is 31.6 Å². The van der Waals surface area contributed by atoms with Crippen molar-refractivity contribution in [1.29, 1.82) is 0 Å². The predicted octanol–water partition coefficient (Wildman–Crippen LogP) is 1.71. The molecule has 2 rings (SSSR count). The largest absolute Gasteiger partial charge is 0.303 e. The fourth-order valence-corrected chi connectivity index (χ4v) is 2.41. The average Bonchev–Trinajstić information content (AvgIpc) is 2.44. The van der Waals surface area contributed by atoms with Crippen LogP contribution in [-0.4, -0.2) is 12.5 Å². The number of rotatable bonds is 1. The number of carbonyl (C=O) groups is 1. The molecule has 2 aliphatic rings. The van der Waals surface area contributed by atoms with Gasteiger partial charge in [-0.1, -0.05) is 0 Å². The minimum Gasteiger partial charge on any atom is -0.303 e. The number of alkyl halides is 1. The smallest absolute Gasteiger partial charge is 0.129 e. The summed E-state index contributed by atoms with van der Waals surface area (Å²) in [6.07, 6.45) is 3.34. The summed E-state index contributed by atoms with van der Waals surface area (Å²) in [7, 11) is 0. The second kappa shape index (κ2) is 1.80. The molecule has 2 bridgehead atoms. The Kier molecular flexibility index (Phi) is 1.14. The lowest BCUT2D eigenvalue weighted by molar-refractivity contribution is -0.118. The van der Waals surface area contributed by atoms with Crippen molar-refractivity contribution < 1.29 is 9.18 Å². The Balaban J connectivity index is 2.26. The Bertz CT molecular complexity index is 169. The summed E-state index contributed by atoms with van der Waals surface area (Å²) in [5.74, 6) is 0.514. The van der Waals surface area contributed by atoms with E-state index in [1.165, 1.54) is 0 Å². The SMILES string of the molecule is O=CC12CCC(CC1F)C2. The standard InChI is InChI=1S/C8H11FO/c9-7-3-6-1-2-8(7,4-6)5-10/h5-7H,1-4H2. The zero-order valence-corrected chi connectivity index (χ0v) is 5.85. The van der Waals surface area contributed by atoms with Gasteiger partial charge in [0.1, 0.15) is 12.5 Å². The van der Waals surface area contributed by atoms with Gasteiger partial charge in [-0.15, -0.1) is 0 Å². The van der Waals surface area contributed by atoms with Crippen LogP contribution >= 0.6 is 0 Å². The molecule has 0 aromatic rings. The third-order valence-electron chi connectivity index (χ3n) is 3.09. The highest BCUT2D eigenvalue weighted by Crippen LogP contribution is 2.54. The minimum atomic E-state index is -0.830. The first-order valence-electron chi connectivity index (χ1n) is 3.87. The van der Waals surface area contributed by atoms with E-state index in [2.05, 4.69) is 0 Å². The molecule has 56 valence electrons. The van der Waals surface area contributed by atoms with Crippen molar-refractivity contribution >= 4 is 6.29 Å². The normalized spacial score (nSPS) is 51.7. The van der Waals surface area contributed by atoms with Gasteiger partial charge in [0, 0.05) is 0 Å². The highest BCUT2D eigenvalue weighted by atomic mass is 19.1. The molecule has 0 N–H and O–H groups in total. The lowest BCUT2D eigenvalue weighted by Crippen LogP contribution is -2.27. The molecule has 2 fully saturated rings. The topological polar surface area (TPSA) is 17.1 Å². The number of carbonyl (C=O) groups excluding carboxylic acids is 1. The number of hydrogen-bond donors (Lipinski definition) is 0. The van der Waals surface area contributed by atoms with Crippen LogP contribution in [0.15, 0.2) is 0 Å². The van der Waals surface area contributed by atoms with Crippen LogP contribution in [0.4, 0.5) is 4.39 Å². The highest BCUT2D eigenvalue weighted by molar-refractivity contribution is 5.62. The summed E-state index contributed by atoms with van der Waals surface area (Å²) < 4.78 is 13.0. The highest BCUT2D eigenvalue weighted by Gasteiger charge is 2.52. The van der Waals surface area contributed by atoms with Crippen molar-refractivity contribution in [2.45, 2.75) is 31.9 Å². The number of hydrogen-bond acceptors (Lipinski definition) is 1. The predicted molar refractivity (Wildman–Crippen MR) is 35.4 cm³/mol. The van der Waals surface area contributed by atoms with Crippen LogP contribution in [0, 0.1) is 11.3 Å². The quantitative estimate of drug-likeness (QED) is 0.509. The molecule has 0 radical (unpaired) electrons. The third-order valence-corrected chi connectivity index (χ3v) is 3.09. The molecule has 0 saturated heterocycles. The lowest BCUT2D eigenvalue weighted by Gasteiger charge is -2.22. The van der Waals surface area contributed by atoms with E-state index in [0.717, 1.165) is 25.5 Å². The van der Waals surface area contributed by atoms with Crippen molar-refractivity contribution in [3.63, 3.8) is 0 Å². The fraction of sp³-hybridized carbons (Fsp3) is 0.875. The van der Waals surface area contributed by atoms with Crippen molar-refractivity contribution in [2.24, 2.45) is 11.3 Å². The van der Waals surface area contributed by atoms with Crippen molar-refractivity contribution in [3.8, 4) is 0 Å². The van der Waals surface area contributed by atoms with Crippen LogP contribution in [0.25, 0.3) is 0 Å². The van der Waals surface area contributed by atoms with E-state index in [4.69, 9.17) is 0 Å². The molecule has 1 nitrogen and oxygen atoms in total. The minimum absolute atomic E-state index is 0.514. The molecule has 0 aliphatic heterocycles. The van der Waals surface area contributed by atoms with Gasteiger partial charge >= 0.3 is 0 Å². The van der Waals surface area contributed by atoms with Gasteiger partial charge in [0.05, 0.1) is 5.41 Å². The Morgan fingerprint density at radius 2 is 2.40 bits per heavy atom. The van der Waals surface area contributed by atoms with E-state index in [-0.39, 0.29) is 0 Å². The van der Waals surface area contributed by atoms with E-state index < -0.39 is 11.6 Å². The zero-order valence-electron chi connectivity index (χ0n) is 5.85. The van der Waals surface area contributed by atoms with E-state index in [1.807, 2.05) is 0 Å². The monoisotopic (exact) mass is 142 g/mol. The van der Waals surface area contributed by atoms with Gasteiger partial charge in [-0.25, -0.2) is 4.39 Å². The molecule has 0 heterocycles. The van der Waals surface area contributed by atoms with E-state index in [1.54, 1.807) is 0 Å². The first kappa shape index (κ1) is 6.32. The Labute approximate surface area is 59.6 Å². The summed E-state index contributed by atoms with van der Waals surface area (Å²) in [6.45, 7) is 0. The molecule has 0 aromatic heterocycles. The molecule has 3 atom stereocenters. The third kappa shape index (κ3) is 0.594. The van der Waals surface area contributed by atoms with Gasteiger partial charge in [0.2, 0.25) is 0 Å². The molecule has 2 saturated carbocycles. The Morgan fingerprint density at radius 3 is 2.70 bits per heavy atom. The summed E-state index contributed by atoms with van der Waals surface area (Å²) in [6, 6.07) is 0. The lowest BCUT2D eigenvalue weighted by atomic mass is 9.84.